The maximum atomic E-state index is 12.3. The van der Waals surface area contributed by atoms with Crippen LogP contribution in [0.2, 0.25) is 10.0 Å². The summed E-state index contributed by atoms with van der Waals surface area (Å²) in [7, 11) is 0. The first-order chi connectivity index (χ1) is 9.47. The van der Waals surface area contributed by atoms with Crippen molar-refractivity contribution in [2.24, 2.45) is 5.92 Å². The first-order valence-corrected chi connectivity index (χ1v) is 7.60. The van der Waals surface area contributed by atoms with Crippen LogP contribution in [-0.4, -0.2) is 19.1 Å². The lowest BCUT2D eigenvalue weighted by Crippen LogP contribution is -2.48. The van der Waals surface area contributed by atoms with Gasteiger partial charge < -0.3 is 4.74 Å². The Morgan fingerprint density at radius 2 is 2.10 bits per heavy atom. The zero-order valence-electron chi connectivity index (χ0n) is 11.7. The van der Waals surface area contributed by atoms with Gasteiger partial charge in [0.25, 0.3) is 0 Å². The highest BCUT2D eigenvalue weighted by Gasteiger charge is 2.38. The van der Waals surface area contributed by atoms with Gasteiger partial charge in [0.05, 0.1) is 16.7 Å². The standard InChI is InChI=1S/C15H19Cl2NO2/c1-3-20-14(19)15(2,18-9-10-4-5-10)11-6-7-12(16)13(17)8-11/h6-8,10,18H,3-5,9H2,1-2H3. The lowest BCUT2D eigenvalue weighted by molar-refractivity contribution is -0.151. The minimum atomic E-state index is -0.896. The lowest BCUT2D eigenvalue weighted by Gasteiger charge is -2.29. The summed E-state index contributed by atoms with van der Waals surface area (Å²) in [4.78, 5) is 12.3. The summed E-state index contributed by atoms with van der Waals surface area (Å²) >= 11 is 12.0. The first-order valence-electron chi connectivity index (χ1n) is 6.85. The molecule has 2 rings (SSSR count). The number of nitrogens with one attached hydrogen (secondary N) is 1. The maximum Gasteiger partial charge on any atom is 0.330 e. The molecule has 0 amide bonds. The van der Waals surface area contributed by atoms with Crippen molar-refractivity contribution in [1.29, 1.82) is 0 Å². The third-order valence-electron chi connectivity index (χ3n) is 3.62. The summed E-state index contributed by atoms with van der Waals surface area (Å²) < 4.78 is 5.21. The first kappa shape index (κ1) is 15.6. The Bertz CT molecular complexity index is 503. The SMILES string of the molecule is CCOC(=O)C(C)(NCC1CC1)c1ccc(Cl)c(Cl)c1. The third-order valence-corrected chi connectivity index (χ3v) is 4.36. The van der Waals surface area contributed by atoms with Crippen LogP contribution in [0.15, 0.2) is 18.2 Å². The van der Waals surface area contributed by atoms with Gasteiger partial charge in [-0.25, -0.2) is 4.79 Å². The number of carbonyl (C=O) groups is 1. The number of rotatable bonds is 6. The molecular formula is C15H19Cl2NO2. The fourth-order valence-corrected chi connectivity index (χ4v) is 2.34. The molecule has 0 radical (unpaired) electrons. The van der Waals surface area contributed by atoms with Gasteiger partial charge in [-0.05, 0) is 56.8 Å². The predicted molar refractivity (Wildman–Crippen MR) is 81.2 cm³/mol. The molecule has 0 aliphatic heterocycles. The van der Waals surface area contributed by atoms with Crippen molar-refractivity contribution in [3.05, 3.63) is 33.8 Å². The second-order valence-corrected chi connectivity index (χ2v) is 6.11. The van der Waals surface area contributed by atoms with Crippen LogP contribution >= 0.6 is 23.2 Å². The molecule has 110 valence electrons. The number of carbonyl (C=O) groups excluding carboxylic acids is 1. The topological polar surface area (TPSA) is 38.3 Å². The summed E-state index contributed by atoms with van der Waals surface area (Å²) in [5.41, 5.74) is -0.127. The average Bonchev–Trinajstić information content (AvgIpc) is 3.23. The Balaban J connectivity index is 2.27. The van der Waals surface area contributed by atoms with Crippen LogP contribution in [0.1, 0.15) is 32.3 Å². The van der Waals surface area contributed by atoms with Gasteiger partial charge in [-0.15, -0.1) is 0 Å². The van der Waals surface area contributed by atoms with Gasteiger partial charge in [0.15, 0.2) is 0 Å². The summed E-state index contributed by atoms with van der Waals surface area (Å²) in [5.74, 6) is 0.366. The van der Waals surface area contributed by atoms with Crippen molar-refractivity contribution in [2.45, 2.75) is 32.2 Å². The van der Waals surface area contributed by atoms with Crippen molar-refractivity contribution < 1.29 is 9.53 Å². The summed E-state index contributed by atoms with van der Waals surface area (Å²) in [6, 6.07) is 5.24. The molecule has 1 aliphatic rings. The molecule has 3 nitrogen and oxygen atoms in total. The van der Waals surface area contributed by atoms with E-state index in [1.165, 1.54) is 12.8 Å². The van der Waals surface area contributed by atoms with E-state index in [9.17, 15) is 4.79 Å². The zero-order chi connectivity index (χ0) is 14.8. The molecule has 0 bridgehead atoms. The molecular weight excluding hydrogens is 297 g/mol. The van der Waals surface area contributed by atoms with Crippen molar-refractivity contribution in [3.63, 3.8) is 0 Å². The Kier molecular flexibility index (Phi) is 4.95. The van der Waals surface area contributed by atoms with E-state index in [1.807, 2.05) is 13.0 Å². The monoisotopic (exact) mass is 315 g/mol. The quantitative estimate of drug-likeness (QED) is 0.812. The minimum absolute atomic E-state index is 0.293. The van der Waals surface area contributed by atoms with E-state index in [0.29, 0.717) is 22.6 Å². The van der Waals surface area contributed by atoms with Crippen LogP contribution in [0.4, 0.5) is 0 Å². The van der Waals surface area contributed by atoms with Gasteiger partial charge in [0.1, 0.15) is 5.54 Å². The largest absolute Gasteiger partial charge is 0.464 e. The molecule has 0 aromatic heterocycles. The van der Waals surface area contributed by atoms with Gasteiger partial charge in [-0.1, -0.05) is 29.3 Å². The van der Waals surface area contributed by atoms with E-state index < -0.39 is 5.54 Å². The van der Waals surface area contributed by atoms with E-state index in [4.69, 9.17) is 27.9 Å². The average molecular weight is 316 g/mol. The summed E-state index contributed by atoms with van der Waals surface area (Å²) in [6.07, 6.45) is 2.43. The second kappa shape index (κ2) is 6.33. The second-order valence-electron chi connectivity index (χ2n) is 5.30. The fraction of sp³-hybridized carbons (Fsp3) is 0.533. The van der Waals surface area contributed by atoms with Gasteiger partial charge in [-0.2, -0.15) is 0 Å². The minimum Gasteiger partial charge on any atom is -0.464 e. The molecule has 1 aromatic carbocycles. The van der Waals surface area contributed by atoms with Gasteiger partial charge in [0, 0.05) is 0 Å². The third kappa shape index (κ3) is 3.46. The van der Waals surface area contributed by atoms with Crippen LogP contribution < -0.4 is 5.32 Å². The molecule has 1 atom stereocenters. The number of ether oxygens (including phenoxy) is 1. The molecule has 5 heteroatoms. The molecule has 1 aromatic rings. The van der Waals surface area contributed by atoms with Crippen LogP contribution in [0, 0.1) is 5.92 Å². The van der Waals surface area contributed by atoms with E-state index in [2.05, 4.69) is 5.32 Å². The molecule has 1 fully saturated rings. The van der Waals surface area contributed by atoms with Crippen molar-refractivity contribution >= 4 is 29.2 Å². The van der Waals surface area contributed by atoms with E-state index in [-0.39, 0.29) is 5.97 Å². The fourth-order valence-electron chi connectivity index (χ4n) is 2.05. The smallest absolute Gasteiger partial charge is 0.330 e. The Morgan fingerprint density at radius 3 is 2.65 bits per heavy atom. The van der Waals surface area contributed by atoms with Crippen molar-refractivity contribution in [3.8, 4) is 0 Å². The summed E-state index contributed by atoms with van der Waals surface area (Å²) in [5, 5.41) is 4.24. The number of hydrogen-bond acceptors (Lipinski definition) is 3. The van der Waals surface area contributed by atoms with E-state index >= 15 is 0 Å². The number of halogens is 2. The molecule has 1 saturated carbocycles. The van der Waals surface area contributed by atoms with Crippen LogP contribution in [-0.2, 0) is 15.1 Å². The highest BCUT2D eigenvalue weighted by atomic mass is 35.5. The highest BCUT2D eigenvalue weighted by Crippen LogP contribution is 2.32. The van der Waals surface area contributed by atoms with Gasteiger partial charge >= 0.3 is 5.97 Å². The molecule has 20 heavy (non-hydrogen) atoms. The Hall–Kier alpha value is -0.770. The normalized spacial score (nSPS) is 17.6. The van der Waals surface area contributed by atoms with Crippen molar-refractivity contribution in [1.82, 2.24) is 5.32 Å². The zero-order valence-corrected chi connectivity index (χ0v) is 13.2. The molecule has 0 spiro atoms. The van der Waals surface area contributed by atoms with Crippen molar-refractivity contribution in [2.75, 3.05) is 13.2 Å². The Morgan fingerprint density at radius 1 is 1.40 bits per heavy atom. The van der Waals surface area contributed by atoms with E-state index in [1.54, 1.807) is 19.1 Å². The van der Waals surface area contributed by atoms with Crippen LogP contribution in [0.3, 0.4) is 0 Å². The maximum absolute atomic E-state index is 12.3. The number of esters is 1. The van der Waals surface area contributed by atoms with Gasteiger partial charge in [0.2, 0.25) is 0 Å². The molecule has 0 heterocycles. The lowest BCUT2D eigenvalue weighted by atomic mass is 9.91. The van der Waals surface area contributed by atoms with Crippen LogP contribution in [0.25, 0.3) is 0 Å². The Labute approximate surface area is 129 Å². The molecule has 1 unspecified atom stereocenters. The van der Waals surface area contributed by atoms with Crippen LogP contribution in [0.5, 0.6) is 0 Å². The summed E-state index contributed by atoms with van der Waals surface area (Å²) in [6.45, 7) is 4.78. The number of benzene rings is 1. The van der Waals surface area contributed by atoms with Gasteiger partial charge in [-0.3, -0.25) is 5.32 Å². The molecule has 1 aliphatic carbocycles. The van der Waals surface area contributed by atoms with E-state index in [0.717, 1.165) is 12.1 Å². The highest BCUT2D eigenvalue weighted by molar-refractivity contribution is 6.42. The molecule has 1 N–H and O–H groups in total. The number of hydrogen-bond donors (Lipinski definition) is 1. The predicted octanol–water partition coefficient (Wildman–Crippen LogP) is 3.77. The molecule has 0 saturated heterocycles.